The van der Waals surface area contributed by atoms with E-state index in [1.165, 1.54) is 18.2 Å². The predicted octanol–water partition coefficient (Wildman–Crippen LogP) is 4.80. The summed E-state index contributed by atoms with van der Waals surface area (Å²) in [5, 5.41) is 3.27. The largest absolute Gasteiger partial charge is 0.322 e. The number of hydrogen-bond acceptors (Lipinski definition) is 1. The molecular formula is C14H10BrClFNO. The molecule has 1 N–H and O–H groups in total. The highest BCUT2D eigenvalue weighted by atomic mass is 79.9. The summed E-state index contributed by atoms with van der Waals surface area (Å²) in [5.74, 6) is -0.600. The van der Waals surface area contributed by atoms with Crippen LogP contribution in [0.1, 0.15) is 15.9 Å². The van der Waals surface area contributed by atoms with Gasteiger partial charge in [0.2, 0.25) is 0 Å². The number of amides is 1. The van der Waals surface area contributed by atoms with Gasteiger partial charge < -0.3 is 5.32 Å². The van der Waals surface area contributed by atoms with Crippen molar-refractivity contribution in [1.82, 2.24) is 0 Å². The average molecular weight is 343 g/mol. The summed E-state index contributed by atoms with van der Waals surface area (Å²) < 4.78 is 13.6. The zero-order valence-electron chi connectivity index (χ0n) is 10.0. The van der Waals surface area contributed by atoms with Gasteiger partial charge in [-0.1, -0.05) is 11.6 Å². The smallest absolute Gasteiger partial charge is 0.255 e. The van der Waals surface area contributed by atoms with E-state index in [1.807, 2.05) is 0 Å². The van der Waals surface area contributed by atoms with Crippen LogP contribution in [0, 0.1) is 12.7 Å². The first-order chi connectivity index (χ1) is 8.97. The highest BCUT2D eigenvalue weighted by Crippen LogP contribution is 2.24. The van der Waals surface area contributed by atoms with Gasteiger partial charge in [-0.25, -0.2) is 4.39 Å². The molecule has 1 amide bonds. The summed E-state index contributed by atoms with van der Waals surface area (Å²) >= 11 is 9.13. The molecule has 2 aromatic carbocycles. The van der Waals surface area contributed by atoms with Crippen LogP contribution in [0.15, 0.2) is 40.9 Å². The Morgan fingerprint density at radius 3 is 2.63 bits per heavy atom. The molecule has 0 aliphatic heterocycles. The molecule has 0 spiro atoms. The molecule has 0 aliphatic rings. The van der Waals surface area contributed by atoms with Gasteiger partial charge in [0.25, 0.3) is 5.91 Å². The molecular weight excluding hydrogens is 333 g/mol. The van der Waals surface area contributed by atoms with Crippen molar-refractivity contribution in [3.63, 3.8) is 0 Å². The summed E-state index contributed by atoms with van der Waals surface area (Å²) in [4.78, 5) is 12.0. The molecule has 5 heteroatoms. The molecule has 2 aromatic rings. The monoisotopic (exact) mass is 341 g/mol. The van der Waals surface area contributed by atoms with E-state index >= 15 is 0 Å². The zero-order valence-corrected chi connectivity index (χ0v) is 12.3. The fraction of sp³-hybridized carbons (Fsp3) is 0.0714. The lowest BCUT2D eigenvalue weighted by Gasteiger charge is -2.09. The van der Waals surface area contributed by atoms with Crippen molar-refractivity contribution >= 4 is 39.1 Å². The second-order valence-electron chi connectivity index (χ2n) is 4.04. The first-order valence-corrected chi connectivity index (χ1v) is 6.67. The van der Waals surface area contributed by atoms with Gasteiger partial charge in [0.05, 0.1) is 5.02 Å². The van der Waals surface area contributed by atoms with Gasteiger partial charge in [-0.15, -0.1) is 0 Å². The van der Waals surface area contributed by atoms with Crippen LogP contribution in [-0.4, -0.2) is 5.91 Å². The normalized spacial score (nSPS) is 10.3. The molecule has 2 rings (SSSR count). The SMILES string of the molecule is Cc1cc(F)ccc1NC(=O)c1ccc(Cl)c(Br)c1. The highest BCUT2D eigenvalue weighted by Gasteiger charge is 2.09. The number of benzene rings is 2. The molecule has 0 aromatic heterocycles. The van der Waals surface area contributed by atoms with E-state index in [9.17, 15) is 9.18 Å². The van der Waals surface area contributed by atoms with Crippen molar-refractivity contribution in [3.8, 4) is 0 Å². The molecule has 0 heterocycles. The molecule has 0 fully saturated rings. The van der Waals surface area contributed by atoms with Gasteiger partial charge in [0.1, 0.15) is 5.82 Å². The van der Waals surface area contributed by atoms with E-state index < -0.39 is 0 Å². The zero-order chi connectivity index (χ0) is 14.0. The summed E-state index contributed by atoms with van der Waals surface area (Å²) in [6, 6.07) is 9.11. The van der Waals surface area contributed by atoms with Crippen molar-refractivity contribution < 1.29 is 9.18 Å². The number of nitrogens with one attached hydrogen (secondary N) is 1. The van der Waals surface area contributed by atoms with Crippen LogP contribution >= 0.6 is 27.5 Å². The van der Waals surface area contributed by atoms with Crippen molar-refractivity contribution in [2.75, 3.05) is 5.32 Å². The first kappa shape index (κ1) is 14.0. The number of carbonyl (C=O) groups excluding carboxylic acids is 1. The third-order valence-corrected chi connectivity index (χ3v) is 3.83. The number of carbonyl (C=O) groups is 1. The van der Waals surface area contributed by atoms with Gasteiger partial charge in [-0.2, -0.15) is 0 Å². The van der Waals surface area contributed by atoms with Gasteiger partial charge in [0, 0.05) is 15.7 Å². The lowest BCUT2D eigenvalue weighted by Crippen LogP contribution is -2.12. The highest BCUT2D eigenvalue weighted by molar-refractivity contribution is 9.10. The Bertz CT molecular complexity index is 645. The van der Waals surface area contributed by atoms with Crippen LogP contribution < -0.4 is 5.32 Å². The van der Waals surface area contributed by atoms with Crippen molar-refractivity contribution in [2.45, 2.75) is 6.92 Å². The Hall–Kier alpha value is -1.39. The predicted molar refractivity (Wildman–Crippen MR) is 78.2 cm³/mol. The Balaban J connectivity index is 2.23. The van der Waals surface area contributed by atoms with E-state index in [4.69, 9.17) is 11.6 Å². The lowest BCUT2D eigenvalue weighted by atomic mass is 10.1. The summed E-state index contributed by atoms with van der Waals surface area (Å²) in [5.41, 5.74) is 1.72. The van der Waals surface area contributed by atoms with Gasteiger partial charge >= 0.3 is 0 Å². The van der Waals surface area contributed by atoms with Gasteiger partial charge in [0.15, 0.2) is 0 Å². The third-order valence-electron chi connectivity index (χ3n) is 2.62. The molecule has 2 nitrogen and oxygen atoms in total. The minimum atomic E-state index is -0.329. The van der Waals surface area contributed by atoms with E-state index in [1.54, 1.807) is 25.1 Å². The van der Waals surface area contributed by atoms with Crippen molar-refractivity contribution in [3.05, 3.63) is 62.8 Å². The molecule has 0 bridgehead atoms. The van der Waals surface area contributed by atoms with Crippen LogP contribution in [0.2, 0.25) is 5.02 Å². The number of rotatable bonds is 2. The van der Waals surface area contributed by atoms with E-state index in [2.05, 4.69) is 21.2 Å². The van der Waals surface area contributed by atoms with Crippen LogP contribution in [0.3, 0.4) is 0 Å². The summed E-state index contributed by atoms with van der Waals surface area (Å²) in [7, 11) is 0. The Morgan fingerprint density at radius 2 is 2.00 bits per heavy atom. The van der Waals surface area contributed by atoms with E-state index in [-0.39, 0.29) is 11.7 Å². The molecule has 0 radical (unpaired) electrons. The minimum absolute atomic E-state index is 0.271. The van der Waals surface area contributed by atoms with E-state index in [0.717, 1.165) is 0 Å². The van der Waals surface area contributed by atoms with Crippen LogP contribution in [0.5, 0.6) is 0 Å². The van der Waals surface area contributed by atoms with Crippen LogP contribution in [0.25, 0.3) is 0 Å². The average Bonchev–Trinajstić information content (AvgIpc) is 2.36. The maximum absolute atomic E-state index is 13.0. The van der Waals surface area contributed by atoms with Crippen molar-refractivity contribution in [2.24, 2.45) is 0 Å². The Labute approximate surface area is 123 Å². The third kappa shape index (κ3) is 3.33. The fourth-order valence-corrected chi connectivity index (χ4v) is 2.10. The molecule has 98 valence electrons. The fourth-order valence-electron chi connectivity index (χ4n) is 1.60. The molecule has 0 aliphatic carbocycles. The maximum atomic E-state index is 13.0. The van der Waals surface area contributed by atoms with E-state index in [0.29, 0.717) is 26.3 Å². The van der Waals surface area contributed by atoms with Crippen molar-refractivity contribution in [1.29, 1.82) is 0 Å². The number of anilines is 1. The van der Waals surface area contributed by atoms with Gasteiger partial charge in [-0.05, 0) is 64.8 Å². The first-order valence-electron chi connectivity index (χ1n) is 5.50. The Morgan fingerprint density at radius 1 is 1.26 bits per heavy atom. The molecule has 0 atom stereocenters. The molecule has 19 heavy (non-hydrogen) atoms. The standard InChI is InChI=1S/C14H10BrClFNO/c1-8-6-10(17)3-5-13(8)18-14(19)9-2-4-12(16)11(15)7-9/h2-7H,1H3,(H,18,19). The molecule has 0 unspecified atom stereocenters. The number of aryl methyl sites for hydroxylation is 1. The lowest BCUT2D eigenvalue weighted by molar-refractivity contribution is 0.102. The topological polar surface area (TPSA) is 29.1 Å². The summed E-state index contributed by atoms with van der Waals surface area (Å²) in [6.07, 6.45) is 0. The second-order valence-corrected chi connectivity index (χ2v) is 5.30. The summed E-state index contributed by atoms with van der Waals surface area (Å²) in [6.45, 7) is 1.73. The quantitative estimate of drug-likeness (QED) is 0.834. The second kappa shape index (κ2) is 5.72. The van der Waals surface area contributed by atoms with Crippen LogP contribution in [-0.2, 0) is 0 Å². The van der Waals surface area contributed by atoms with Crippen LogP contribution in [0.4, 0.5) is 10.1 Å². The maximum Gasteiger partial charge on any atom is 0.255 e. The van der Waals surface area contributed by atoms with Gasteiger partial charge in [-0.3, -0.25) is 4.79 Å². The molecule has 0 saturated heterocycles. The minimum Gasteiger partial charge on any atom is -0.322 e. The number of halogens is 3. The molecule has 0 saturated carbocycles. The Kier molecular flexibility index (Phi) is 4.22. The number of hydrogen-bond donors (Lipinski definition) is 1.